The van der Waals surface area contributed by atoms with Crippen LogP contribution in [0, 0.1) is 12.8 Å². The number of thiazole rings is 1. The zero-order valence-corrected chi connectivity index (χ0v) is 21.4. The van der Waals surface area contributed by atoms with E-state index in [0.717, 1.165) is 49.9 Å². The molecular formula is C20H36IN5O2S. The highest BCUT2D eigenvalue weighted by molar-refractivity contribution is 14.0. The Kier molecular flexibility index (Phi) is 11.2. The zero-order valence-electron chi connectivity index (χ0n) is 18.3. The molecule has 0 radical (unpaired) electrons. The van der Waals surface area contributed by atoms with Gasteiger partial charge in [-0.1, -0.05) is 0 Å². The lowest BCUT2D eigenvalue weighted by Gasteiger charge is -2.33. The van der Waals surface area contributed by atoms with E-state index >= 15 is 0 Å². The summed E-state index contributed by atoms with van der Waals surface area (Å²) in [5, 5.41) is 7.82. The number of amides is 1. The fourth-order valence-corrected chi connectivity index (χ4v) is 3.86. The maximum atomic E-state index is 12.3. The molecule has 1 unspecified atom stereocenters. The molecule has 0 spiro atoms. The molecular weight excluding hydrogens is 501 g/mol. The van der Waals surface area contributed by atoms with Crippen molar-refractivity contribution in [3.8, 4) is 0 Å². The first-order chi connectivity index (χ1) is 13.3. The molecule has 0 bridgehead atoms. The normalized spacial score (nSPS) is 17.5. The summed E-state index contributed by atoms with van der Waals surface area (Å²) < 4.78 is 5.51. The maximum absolute atomic E-state index is 12.3. The van der Waals surface area contributed by atoms with E-state index in [1.165, 1.54) is 4.88 Å². The third kappa shape index (κ3) is 9.97. The van der Waals surface area contributed by atoms with Crippen molar-refractivity contribution < 1.29 is 9.53 Å². The predicted molar refractivity (Wildman–Crippen MR) is 130 cm³/mol. The molecule has 29 heavy (non-hydrogen) atoms. The largest absolute Gasteiger partial charge is 0.444 e. The summed E-state index contributed by atoms with van der Waals surface area (Å²) in [7, 11) is 0. The summed E-state index contributed by atoms with van der Waals surface area (Å²) in [6, 6.07) is 0. The Morgan fingerprint density at radius 1 is 1.41 bits per heavy atom. The molecule has 1 saturated heterocycles. The van der Waals surface area contributed by atoms with Crippen LogP contribution in [0.4, 0.5) is 4.79 Å². The standard InChI is InChI=1S/C20H35N5O2S.HI/c1-6-21-18(22-10-9-17-23-12-15(2)28-17)24-13-16-8-7-11-25(14-16)19(26)27-20(3,4)5;/h12,16H,6-11,13-14H2,1-5H3,(H2,21,22,24);1H. The minimum Gasteiger partial charge on any atom is -0.444 e. The highest BCUT2D eigenvalue weighted by Crippen LogP contribution is 2.19. The van der Waals surface area contributed by atoms with E-state index in [2.05, 4.69) is 29.5 Å². The molecule has 7 nitrogen and oxygen atoms in total. The van der Waals surface area contributed by atoms with E-state index < -0.39 is 5.60 Å². The van der Waals surface area contributed by atoms with Gasteiger partial charge in [-0.2, -0.15) is 0 Å². The highest BCUT2D eigenvalue weighted by atomic mass is 127. The number of hydrogen-bond acceptors (Lipinski definition) is 5. The van der Waals surface area contributed by atoms with Gasteiger partial charge in [0.1, 0.15) is 5.60 Å². The molecule has 2 rings (SSSR count). The van der Waals surface area contributed by atoms with Crippen LogP contribution in [-0.2, 0) is 11.2 Å². The second-order valence-electron chi connectivity index (χ2n) is 8.20. The number of carbonyl (C=O) groups is 1. The number of aliphatic imine (C=N–C) groups is 1. The van der Waals surface area contributed by atoms with Crippen LogP contribution in [0.1, 0.15) is 50.4 Å². The number of carbonyl (C=O) groups excluding carboxylic acids is 1. The van der Waals surface area contributed by atoms with Crippen molar-refractivity contribution in [3.63, 3.8) is 0 Å². The summed E-state index contributed by atoms with van der Waals surface area (Å²) >= 11 is 1.73. The van der Waals surface area contributed by atoms with Gasteiger partial charge >= 0.3 is 6.09 Å². The molecule has 1 aliphatic rings. The predicted octanol–water partition coefficient (Wildman–Crippen LogP) is 3.81. The molecule has 0 aliphatic carbocycles. The van der Waals surface area contributed by atoms with Crippen molar-refractivity contribution in [1.29, 1.82) is 0 Å². The first-order valence-corrected chi connectivity index (χ1v) is 11.0. The van der Waals surface area contributed by atoms with E-state index in [1.54, 1.807) is 11.3 Å². The van der Waals surface area contributed by atoms with Crippen LogP contribution in [0.15, 0.2) is 11.2 Å². The average Bonchev–Trinajstić information content (AvgIpc) is 3.03. The van der Waals surface area contributed by atoms with Crippen molar-refractivity contribution in [3.05, 3.63) is 16.1 Å². The number of likely N-dealkylation sites (tertiary alicyclic amines) is 1. The number of nitrogens with zero attached hydrogens (tertiary/aromatic N) is 3. The number of aromatic nitrogens is 1. The van der Waals surface area contributed by atoms with Gasteiger partial charge in [-0.25, -0.2) is 9.78 Å². The van der Waals surface area contributed by atoms with E-state index in [9.17, 15) is 4.79 Å². The van der Waals surface area contributed by atoms with Crippen molar-refractivity contribution in [2.45, 2.75) is 59.5 Å². The fraction of sp³-hybridized carbons (Fsp3) is 0.750. The van der Waals surface area contributed by atoms with Gasteiger partial charge in [-0.3, -0.25) is 4.99 Å². The summed E-state index contributed by atoms with van der Waals surface area (Å²) in [6.45, 7) is 13.6. The van der Waals surface area contributed by atoms with E-state index in [0.29, 0.717) is 19.0 Å². The fourth-order valence-electron chi connectivity index (χ4n) is 3.07. The lowest BCUT2D eigenvalue weighted by Crippen LogP contribution is -2.44. The molecule has 2 heterocycles. The first-order valence-electron chi connectivity index (χ1n) is 10.2. The number of halogens is 1. The second-order valence-corrected chi connectivity index (χ2v) is 9.51. The number of rotatable bonds is 6. The Hall–Kier alpha value is -1.10. The summed E-state index contributed by atoms with van der Waals surface area (Å²) in [5.41, 5.74) is -0.458. The van der Waals surface area contributed by atoms with E-state index in [4.69, 9.17) is 9.73 Å². The minimum atomic E-state index is -0.458. The monoisotopic (exact) mass is 537 g/mol. The van der Waals surface area contributed by atoms with Crippen molar-refractivity contribution >= 4 is 47.4 Å². The lowest BCUT2D eigenvalue weighted by atomic mass is 9.98. The molecule has 1 amide bonds. The molecule has 1 atom stereocenters. The highest BCUT2D eigenvalue weighted by Gasteiger charge is 2.27. The van der Waals surface area contributed by atoms with Gasteiger partial charge in [0.15, 0.2) is 5.96 Å². The van der Waals surface area contributed by atoms with Crippen LogP contribution in [0.3, 0.4) is 0 Å². The Balaban J connectivity index is 0.00000420. The van der Waals surface area contributed by atoms with Crippen LogP contribution < -0.4 is 10.6 Å². The average molecular weight is 538 g/mol. The summed E-state index contributed by atoms with van der Waals surface area (Å²) in [5.74, 6) is 1.18. The third-order valence-electron chi connectivity index (χ3n) is 4.32. The van der Waals surface area contributed by atoms with Crippen LogP contribution in [0.25, 0.3) is 0 Å². The molecule has 1 aromatic heterocycles. The van der Waals surface area contributed by atoms with Crippen LogP contribution in [0.5, 0.6) is 0 Å². The van der Waals surface area contributed by atoms with Gasteiger partial charge in [0.05, 0.1) is 5.01 Å². The molecule has 1 aromatic rings. The topological polar surface area (TPSA) is 78.9 Å². The first kappa shape index (κ1) is 25.9. The molecule has 1 aliphatic heterocycles. The smallest absolute Gasteiger partial charge is 0.410 e. The van der Waals surface area contributed by atoms with Crippen molar-refractivity contribution in [2.24, 2.45) is 10.9 Å². The van der Waals surface area contributed by atoms with Gasteiger partial charge in [0.25, 0.3) is 0 Å². The van der Waals surface area contributed by atoms with E-state index in [1.807, 2.05) is 31.9 Å². The second kappa shape index (κ2) is 12.6. The minimum absolute atomic E-state index is 0. The SMILES string of the molecule is CCNC(=NCC1CCCN(C(=O)OC(C)(C)C)C1)NCCc1ncc(C)s1.I. The number of nitrogens with one attached hydrogen (secondary N) is 2. The number of ether oxygens (including phenoxy) is 1. The third-order valence-corrected chi connectivity index (χ3v) is 5.30. The Labute approximate surface area is 196 Å². The summed E-state index contributed by atoms with van der Waals surface area (Å²) in [4.78, 5) is 24.5. The quantitative estimate of drug-likeness (QED) is 0.328. The number of hydrogen-bond donors (Lipinski definition) is 2. The molecule has 2 N–H and O–H groups in total. The molecule has 9 heteroatoms. The van der Waals surface area contributed by atoms with Crippen molar-refractivity contribution in [2.75, 3.05) is 32.7 Å². The molecule has 0 saturated carbocycles. The zero-order chi connectivity index (χ0) is 20.6. The van der Waals surface area contributed by atoms with Crippen LogP contribution in [-0.4, -0.2) is 60.3 Å². The summed E-state index contributed by atoms with van der Waals surface area (Å²) in [6.07, 6.45) is 4.66. The lowest BCUT2D eigenvalue weighted by molar-refractivity contribution is 0.0170. The molecule has 0 aromatic carbocycles. The van der Waals surface area contributed by atoms with Crippen molar-refractivity contribution in [1.82, 2.24) is 20.5 Å². The van der Waals surface area contributed by atoms with Gasteiger partial charge in [0.2, 0.25) is 0 Å². The van der Waals surface area contributed by atoms with Gasteiger partial charge in [0, 0.05) is 50.2 Å². The maximum Gasteiger partial charge on any atom is 0.410 e. The van der Waals surface area contributed by atoms with Gasteiger partial charge in [-0.15, -0.1) is 35.3 Å². The molecule has 166 valence electrons. The number of aryl methyl sites for hydroxylation is 1. The number of guanidine groups is 1. The van der Waals surface area contributed by atoms with Crippen LogP contribution in [0.2, 0.25) is 0 Å². The Morgan fingerprint density at radius 2 is 2.17 bits per heavy atom. The van der Waals surface area contributed by atoms with Gasteiger partial charge in [-0.05, 0) is 53.4 Å². The van der Waals surface area contributed by atoms with E-state index in [-0.39, 0.29) is 30.1 Å². The van der Waals surface area contributed by atoms with Crippen LogP contribution >= 0.6 is 35.3 Å². The molecule has 1 fully saturated rings. The van der Waals surface area contributed by atoms with Gasteiger partial charge < -0.3 is 20.3 Å². The Morgan fingerprint density at radius 3 is 2.79 bits per heavy atom. The number of piperidine rings is 1. The Bertz CT molecular complexity index is 660.